The van der Waals surface area contributed by atoms with Crippen molar-refractivity contribution in [3.63, 3.8) is 0 Å². The Hall–Kier alpha value is -2.98. The summed E-state index contributed by atoms with van der Waals surface area (Å²) in [5.41, 5.74) is 0.934. The zero-order valence-electron chi connectivity index (χ0n) is 13.8. The van der Waals surface area contributed by atoms with Crippen molar-refractivity contribution in [2.75, 3.05) is 13.7 Å². The Labute approximate surface area is 149 Å². The summed E-state index contributed by atoms with van der Waals surface area (Å²) >= 11 is 0. The van der Waals surface area contributed by atoms with Crippen LogP contribution in [-0.2, 0) is 16.4 Å². The molecule has 0 amide bonds. The highest BCUT2D eigenvalue weighted by Crippen LogP contribution is 2.28. The minimum atomic E-state index is -4.04. The average Bonchev–Trinajstić information content (AvgIpc) is 3.03. The molecule has 2 heterocycles. The Morgan fingerprint density at radius 2 is 2.12 bits per heavy atom. The van der Waals surface area contributed by atoms with Gasteiger partial charge in [-0.3, -0.25) is 10.1 Å². The number of hydrogen-bond donors (Lipinski definition) is 1. The molecule has 26 heavy (non-hydrogen) atoms. The number of nitro groups is 1. The van der Waals surface area contributed by atoms with Crippen molar-refractivity contribution in [1.29, 1.82) is 0 Å². The molecular weight excluding hydrogens is 360 g/mol. The number of imidazole rings is 1. The molecule has 0 atom stereocenters. The maximum atomic E-state index is 12.4. The van der Waals surface area contributed by atoms with Crippen LogP contribution in [0.25, 0.3) is 5.65 Å². The second-order valence-electron chi connectivity index (χ2n) is 5.44. The standard InChI is InChI=1S/C16H16N4O5S/c1-25-13-5-6-15(14(10-13)20(21)22)26(23,24)17-8-7-12-11-19-9-3-2-4-16(19)18-12/h2-6,9-11,17H,7-8H2,1H3. The van der Waals surface area contributed by atoms with Crippen LogP contribution in [-0.4, -0.2) is 36.4 Å². The number of benzene rings is 1. The Kier molecular flexibility index (Phi) is 4.87. The van der Waals surface area contributed by atoms with Gasteiger partial charge in [0.15, 0.2) is 4.90 Å². The van der Waals surface area contributed by atoms with E-state index in [0.717, 1.165) is 17.8 Å². The van der Waals surface area contributed by atoms with Gasteiger partial charge >= 0.3 is 0 Å². The van der Waals surface area contributed by atoms with Crippen molar-refractivity contribution in [2.45, 2.75) is 11.3 Å². The van der Waals surface area contributed by atoms with E-state index in [9.17, 15) is 18.5 Å². The molecule has 0 fully saturated rings. The lowest BCUT2D eigenvalue weighted by molar-refractivity contribution is -0.387. The number of rotatable bonds is 7. The van der Waals surface area contributed by atoms with Crippen LogP contribution in [0.5, 0.6) is 5.75 Å². The van der Waals surface area contributed by atoms with E-state index in [-0.39, 0.29) is 12.3 Å². The molecule has 1 N–H and O–H groups in total. The van der Waals surface area contributed by atoms with Gasteiger partial charge in [-0.2, -0.15) is 0 Å². The van der Waals surface area contributed by atoms with Gasteiger partial charge < -0.3 is 9.14 Å². The molecule has 0 aliphatic rings. The van der Waals surface area contributed by atoms with Gasteiger partial charge in [0.05, 0.1) is 23.8 Å². The summed E-state index contributed by atoms with van der Waals surface area (Å²) in [6.45, 7) is 0.0649. The molecule has 0 unspecified atom stereocenters. The van der Waals surface area contributed by atoms with Crippen LogP contribution in [0.2, 0.25) is 0 Å². The highest BCUT2D eigenvalue weighted by atomic mass is 32.2. The van der Waals surface area contributed by atoms with Crippen LogP contribution in [0.4, 0.5) is 5.69 Å². The predicted molar refractivity (Wildman–Crippen MR) is 93.7 cm³/mol. The number of sulfonamides is 1. The van der Waals surface area contributed by atoms with Crippen LogP contribution >= 0.6 is 0 Å². The third-order valence-corrected chi connectivity index (χ3v) is 5.25. The average molecular weight is 376 g/mol. The first kappa shape index (κ1) is 17.8. The van der Waals surface area contributed by atoms with Gasteiger partial charge in [0.2, 0.25) is 10.0 Å². The van der Waals surface area contributed by atoms with Crippen LogP contribution in [0.1, 0.15) is 5.69 Å². The van der Waals surface area contributed by atoms with E-state index in [4.69, 9.17) is 4.74 Å². The summed E-state index contributed by atoms with van der Waals surface area (Å²) in [4.78, 5) is 14.4. The van der Waals surface area contributed by atoms with Crippen molar-refractivity contribution in [3.8, 4) is 5.75 Å². The van der Waals surface area contributed by atoms with Gasteiger partial charge in [-0.25, -0.2) is 18.1 Å². The summed E-state index contributed by atoms with van der Waals surface area (Å²) in [7, 11) is -2.70. The molecule has 9 nitrogen and oxygen atoms in total. The van der Waals surface area contributed by atoms with Crippen molar-refractivity contribution in [1.82, 2.24) is 14.1 Å². The maximum absolute atomic E-state index is 12.4. The highest BCUT2D eigenvalue weighted by molar-refractivity contribution is 7.89. The van der Waals surface area contributed by atoms with Crippen molar-refractivity contribution < 1.29 is 18.1 Å². The molecule has 0 aliphatic heterocycles. The van der Waals surface area contributed by atoms with Crippen molar-refractivity contribution >= 4 is 21.4 Å². The zero-order chi connectivity index (χ0) is 18.7. The van der Waals surface area contributed by atoms with E-state index in [2.05, 4.69) is 9.71 Å². The zero-order valence-corrected chi connectivity index (χ0v) is 14.6. The number of hydrogen-bond acceptors (Lipinski definition) is 6. The SMILES string of the molecule is COc1ccc(S(=O)(=O)NCCc2cn3ccccc3n2)c([N+](=O)[O-])c1. The summed E-state index contributed by atoms with van der Waals surface area (Å²) in [5, 5.41) is 11.2. The molecule has 1 aromatic carbocycles. The van der Waals surface area contributed by atoms with Crippen LogP contribution < -0.4 is 9.46 Å². The summed E-state index contributed by atoms with van der Waals surface area (Å²) in [5.74, 6) is 0.209. The quantitative estimate of drug-likeness (QED) is 0.496. The van der Waals surface area contributed by atoms with Crippen molar-refractivity contribution in [2.24, 2.45) is 0 Å². The molecule has 0 saturated carbocycles. The first-order valence-corrected chi connectivity index (χ1v) is 9.14. The Morgan fingerprint density at radius 1 is 1.31 bits per heavy atom. The van der Waals surface area contributed by atoms with E-state index in [1.807, 2.05) is 28.8 Å². The molecule has 0 spiro atoms. The molecular formula is C16H16N4O5S. The second-order valence-corrected chi connectivity index (χ2v) is 7.17. The number of nitrogens with one attached hydrogen (secondary N) is 1. The lowest BCUT2D eigenvalue weighted by Gasteiger charge is -2.08. The first-order valence-electron chi connectivity index (χ1n) is 7.65. The van der Waals surface area contributed by atoms with E-state index < -0.39 is 25.5 Å². The van der Waals surface area contributed by atoms with E-state index in [1.54, 1.807) is 6.20 Å². The topological polar surface area (TPSA) is 116 Å². The smallest absolute Gasteiger partial charge is 0.293 e. The van der Waals surface area contributed by atoms with Crippen LogP contribution in [0.3, 0.4) is 0 Å². The lowest BCUT2D eigenvalue weighted by Crippen LogP contribution is -2.26. The summed E-state index contributed by atoms with van der Waals surface area (Å²) < 4.78 is 34.0. The number of ether oxygens (including phenoxy) is 1. The lowest BCUT2D eigenvalue weighted by atomic mass is 10.3. The number of nitro benzene ring substituents is 1. The maximum Gasteiger partial charge on any atom is 0.293 e. The fourth-order valence-corrected chi connectivity index (χ4v) is 3.68. The second kappa shape index (κ2) is 7.10. The largest absolute Gasteiger partial charge is 0.497 e. The Morgan fingerprint density at radius 3 is 2.81 bits per heavy atom. The van der Waals surface area contributed by atoms with Crippen LogP contribution in [0.15, 0.2) is 53.7 Å². The minimum Gasteiger partial charge on any atom is -0.497 e. The molecule has 136 valence electrons. The Bertz CT molecular complexity index is 1030. The van der Waals surface area contributed by atoms with Gasteiger partial charge in [0.1, 0.15) is 11.4 Å². The van der Waals surface area contributed by atoms with Gasteiger partial charge in [-0.1, -0.05) is 6.07 Å². The molecule has 3 aromatic rings. The van der Waals surface area contributed by atoms with Crippen molar-refractivity contribution in [3.05, 3.63) is 64.6 Å². The third kappa shape index (κ3) is 3.65. The number of aromatic nitrogens is 2. The number of nitrogens with zero attached hydrogens (tertiary/aromatic N) is 3. The first-order chi connectivity index (χ1) is 12.4. The molecule has 10 heteroatoms. The van der Waals surface area contributed by atoms with Gasteiger partial charge in [-0.05, 0) is 24.3 Å². The van der Waals surface area contributed by atoms with E-state index in [0.29, 0.717) is 12.1 Å². The number of fused-ring (bicyclic) bond motifs is 1. The molecule has 0 radical (unpaired) electrons. The van der Waals surface area contributed by atoms with E-state index >= 15 is 0 Å². The van der Waals surface area contributed by atoms with Crippen LogP contribution in [0, 0.1) is 10.1 Å². The van der Waals surface area contributed by atoms with Gasteiger partial charge in [0, 0.05) is 25.4 Å². The number of methoxy groups -OCH3 is 1. The molecule has 2 aromatic heterocycles. The Balaban J connectivity index is 1.75. The third-order valence-electron chi connectivity index (χ3n) is 3.74. The fourth-order valence-electron chi connectivity index (χ4n) is 2.49. The summed E-state index contributed by atoms with van der Waals surface area (Å²) in [6, 6.07) is 9.17. The molecule has 0 aliphatic carbocycles. The predicted octanol–water partition coefficient (Wildman–Crippen LogP) is 1.77. The molecule has 3 rings (SSSR count). The fraction of sp³-hybridized carbons (Fsp3) is 0.188. The van der Waals surface area contributed by atoms with Gasteiger partial charge in [0.25, 0.3) is 5.69 Å². The van der Waals surface area contributed by atoms with E-state index in [1.165, 1.54) is 13.2 Å². The normalized spacial score (nSPS) is 11.6. The van der Waals surface area contributed by atoms with Gasteiger partial charge in [-0.15, -0.1) is 0 Å². The number of pyridine rings is 1. The molecule has 0 saturated heterocycles. The molecule has 0 bridgehead atoms. The summed E-state index contributed by atoms with van der Waals surface area (Å²) in [6.07, 6.45) is 4.00. The monoisotopic (exact) mass is 376 g/mol. The highest BCUT2D eigenvalue weighted by Gasteiger charge is 2.26. The minimum absolute atomic E-state index is 0.0649.